The van der Waals surface area contributed by atoms with Crippen molar-refractivity contribution in [2.45, 2.75) is 24.7 Å². The first-order chi connectivity index (χ1) is 9.32. The first kappa shape index (κ1) is 14.7. The second-order valence-electron chi connectivity index (χ2n) is 5.22. The van der Waals surface area contributed by atoms with Gasteiger partial charge in [-0.05, 0) is 29.2 Å². The number of nitrogens with one attached hydrogen (secondary N) is 1. The first-order valence-electron chi connectivity index (χ1n) is 6.39. The van der Waals surface area contributed by atoms with Gasteiger partial charge in [0.05, 0.1) is 11.1 Å². The van der Waals surface area contributed by atoms with Crippen LogP contribution in [0, 0.1) is 0 Å². The topological polar surface area (TPSA) is 66.1 Å². The molecule has 6 heteroatoms. The van der Waals surface area contributed by atoms with E-state index in [1.54, 1.807) is 24.5 Å². The average molecular weight is 293 g/mol. The van der Waals surface area contributed by atoms with Crippen LogP contribution in [0.15, 0.2) is 35.5 Å². The van der Waals surface area contributed by atoms with E-state index >= 15 is 0 Å². The smallest absolute Gasteiger partial charge is 0.242 e. The lowest BCUT2D eigenvalue weighted by atomic mass is 9.99. The van der Waals surface area contributed by atoms with Crippen LogP contribution < -0.4 is 0 Å². The monoisotopic (exact) mass is 293 g/mol. The van der Waals surface area contributed by atoms with Crippen molar-refractivity contribution in [3.05, 3.63) is 36.2 Å². The summed E-state index contributed by atoms with van der Waals surface area (Å²) in [6.07, 6.45) is 3.44. The van der Waals surface area contributed by atoms with E-state index in [1.165, 1.54) is 18.4 Å². The molecule has 2 rings (SSSR count). The van der Waals surface area contributed by atoms with Crippen LogP contribution in [-0.2, 0) is 10.0 Å². The van der Waals surface area contributed by atoms with Crippen molar-refractivity contribution in [2.75, 3.05) is 14.1 Å². The van der Waals surface area contributed by atoms with Crippen molar-refractivity contribution < 1.29 is 8.42 Å². The largest absolute Gasteiger partial charge is 0.285 e. The Bertz CT molecular complexity index is 689. The van der Waals surface area contributed by atoms with E-state index in [4.69, 9.17) is 0 Å². The standard InChI is InChI=1S/C14H19N3O2S/c1-10(2)11-5-12(13-8-15-16-9-13)7-14(6-11)20(18,19)17(3)4/h5-10H,1-4H3,(H,15,16). The molecular weight excluding hydrogens is 274 g/mol. The minimum atomic E-state index is -3.44. The van der Waals surface area contributed by atoms with Crippen molar-refractivity contribution in [1.82, 2.24) is 14.5 Å². The molecule has 0 bridgehead atoms. The number of rotatable bonds is 4. The molecule has 0 radical (unpaired) electrons. The number of aromatic nitrogens is 2. The van der Waals surface area contributed by atoms with Gasteiger partial charge in [0, 0.05) is 25.9 Å². The third-order valence-corrected chi connectivity index (χ3v) is 5.00. The Hall–Kier alpha value is -1.66. The molecule has 1 heterocycles. The Morgan fingerprint density at radius 2 is 1.85 bits per heavy atom. The summed E-state index contributed by atoms with van der Waals surface area (Å²) in [5, 5.41) is 6.66. The number of nitrogens with zero attached hydrogens (tertiary/aromatic N) is 2. The van der Waals surface area contributed by atoms with Crippen LogP contribution in [0.4, 0.5) is 0 Å². The van der Waals surface area contributed by atoms with E-state index in [2.05, 4.69) is 10.2 Å². The zero-order chi connectivity index (χ0) is 14.9. The fraction of sp³-hybridized carbons (Fsp3) is 0.357. The summed E-state index contributed by atoms with van der Waals surface area (Å²) in [6, 6.07) is 5.43. The molecular formula is C14H19N3O2S. The van der Waals surface area contributed by atoms with E-state index in [-0.39, 0.29) is 5.92 Å². The Morgan fingerprint density at radius 3 is 2.35 bits per heavy atom. The molecule has 0 aliphatic heterocycles. The summed E-state index contributed by atoms with van der Waals surface area (Å²) in [5.41, 5.74) is 2.72. The lowest BCUT2D eigenvalue weighted by Crippen LogP contribution is -2.22. The molecule has 0 amide bonds. The third-order valence-electron chi connectivity index (χ3n) is 3.21. The predicted octanol–water partition coefficient (Wildman–Crippen LogP) is 2.45. The molecule has 0 atom stereocenters. The van der Waals surface area contributed by atoms with Crippen LogP contribution in [0.2, 0.25) is 0 Å². The summed E-state index contributed by atoms with van der Waals surface area (Å²) >= 11 is 0. The van der Waals surface area contributed by atoms with Gasteiger partial charge < -0.3 is 0 Å². The number of aromatic amines is 1. The van der Waals surface area contributed by atoms with Crippen molar-refractivity contribution in [3.63, 3.8) is 0 Å². The molecule has 1 aromatic heterocycles. The van der Waals surface area contributed by atoms with E-state index < -0.39 is 10.0 Å². The highest BCUT2D eigenvalue weighted by molar-refractivity contribution is 7.89. The molecule has 1 N–H and O–H groups in total. The maximum atomic E-state index is 12.3. The minimum absolute atomic E-state index is 0.248. The molecule has 5 nitrogen and oxygen atoms in total. The predicted molar refractivity (Wildman–Crippen MR) is 79.0 cm³/mol. The van der Waals surface area contributed by atoms with Crippen LogP contribution in [0.25, 0.3) is 11.1 Å². The molecule has 0 spiro atoms. The zero-order valence-electron chi connectivity index (χ0n) is 12.1. The Labute approximate surface area is 119 Å². The van der Waals surface area contributed by atoms with Crippen molar-refractivity contribution in [3.8, 4) is 11.1 Å². The molecule has 0 aliphatic carbocycles. The molecule has 2 aromatic rings. The SMILES string of the molecule is CC(C)c1cc(-c2cn[nH]c2)cc(S(=O)(=O)N(C)C)c1. The quantitative estimate of drug-likeness (QED) is 0.941. The molecule has 0 saturated carbocycles. The molecule has 0 fully saturated rings. The van der Waals surface area contributed by atoms with E-state index in [0.717, 1.165) is 16.7 Å². The summed E-state index contributed by atoms with van der Waals surface area (Å²) in [7, 11) is -0.371. The van der Waals surface area contributed by atoms with Crippen LogP contribution in [0.1, 0.15) is 25.3 Å². The lowest BCUT2D eigenvalue weighted by molar-refractivity contribution is 0.520. The Balaban J connectivity index is 2.65. The first-order valence-corrected chi connectivity index (χ1v) is 7.83. The number of sulfonamides is 1. The molecule has 0 aliphatic rings. The fourth-order valence-electron chi connectivity index (χ4n) is 1.89. The van der Waals surface area contributed by atoms with Crippen LogP contribution in [-0.4, -0.2) is 37.0 Å². The Kier molecular flexibility index (Phi) is 3.96. The fourth-order valence-corrected chi connectivity index (χ4v) is 2.87. The van der Waals surface area contributed by atoms with Gasteiger partial charge in [-0.15, -0.1) is 0 Å². The maximum Gasteiger partial charge on any atom is 0.242 e. The highest BCUT2D eigenvalue weighted by atomic mass is 32.2. The van der Waals surface area contributed by atoms with Gasteiger partial charge >= 0.3 is 0 Å². The molecule has 0 saturated heterocycles. The maximum absolute atomic E-state index is 12.3. The number of hydrogen-bond donors (Lipinski definition) is 1. The number of H-pyrrole nitrogens is 1. The van der Waals surface area contributed by atoms with Crippen LogP contribution >= 0.6 is 0 Å². The number of benzene rings is 1. The summed E-state index contributed by atoms with van der Waals surface area (Å²) in [5.74, 6) is 0.248. The van der Waals surface area contributed by atoms with Gasteiger partial charge in [0.1, 0.15) is 0 Å². The molecule has 0 unspecified atom stereocenters. The minimum Gasteiger partial charge on any atom is -0.285 e. The van der Waals surface area contributed by atoms with E-state index in [9.17, 15) is 8.42 Å². The molecule has 108 valence electrons. The summed E-state index contributed by atoms with van der Waals surface area (Å²) in [6.45, 7) is 4.08. The van der Waals surface area contributed by atoms with Gasteiger partial charge in [-0.3, -0.25) is 5.10 Å². The average Bonchev–Trinajstić information content (AvgIpc) is 2.91. The molecule has 20 heavy (non-hydrogen) atoms. The number of hydrogen-bond acceptors (Lipinski definition) is 3. The zero-order valence-corrected chi connectivity index (χ0v) is 12.9. The highest BCUT2D eigenvalue weighted by Crippen LogP contribution is 2.28. The van der Waals surface area contributed by atoms with Gasteiger partial charge in [-0.2, -0.15) is 5.10 Å². The third kappa shape index (κ3) is 2.76. The van der Waals surface area contributed by atoms with Crippen LogP contribution in [0.5, 0.6) is 0 Å². The lowest BCUT2D eigenvalue weighted by Gasteiger charge is -2.15. The van der Waals surface area contributed by atoms with E-state index in [0.29, 0.717) is 4.90 Å². The second-order valence-corrected chi connectivity index (χ2v) is 7.37. The highest BCUT2D eigenvalue weighted by Gasteiger charge is 2.19. The normalized spacial score (nSPS) is 12.3. The van der Waals surface area contributed by atoms with Gasteiger partial charge in [0.2, 0.25) is 10.0 Å². The summed E-state index contributed by atoms with van der Waals surface area (Å²) < 4.78 is 25.9. The van der Waals surface area contributed by atoms with Crippen molar-refractivity contribution in [1.29, 1.82) is 0 Å². The van der Waals surface area contributed by atoms with Gasteiger partial charge in [0.25, 0.3) is 0 Å². The Morgan fingerprint density at radius 1 is 1.15 bits per heavy atom. The van der Waals surface area contributed by atoms with Gasteiger partial charge in [0.15, 0.2) is 0 Å². The second kappa shape index (κ2) is 5.38. The van der Waals surface area contributed by atoms with Gasteiger partial charge in [-0.25, -0.2) is 12.7 Å². The van der Waals surface area contributed by atoms with E-state index in [1.807, 2.05) is 19.9 Å². The van der Waals surface area contributed by atoms with Crippen molar-refractivity contribution in [2.24, 2.45) is 0 Å². The van der Waals surface area contributed by atoms with Crippen molar-refractivity contribution >= 4 is 10.0 Å². The summed E-state index contributed by atoms with van der Waals surface area (Å²) in [4.78, 5) is 0.310. The van der Waals surface area contributed by atoms with Crippen LogP contribution in [0.3, 0.4) is 0 Å². The molecule has 1 aromatic carbocycles. The van der Waals surface area contributed by atoms with Gasteiger partial charge in [-0.1, -0.05) is 19.9 Å².